The zero-order chi connectivity index (χ0) is 20.7. The molecule has 0 aliphatic carbocycles. The van der Waals surface area contributed by atoms with Crippen LogP contribution < -0.4 is 14.2 Å². The lowest BCUT2D eigenvalue weighted by atomic mass is 9.84. The number of hydrogen-bond donors (Lipinski definition) is 1. The first-order chi connectivity index (χ1) is 13.0. The normalized spacial score (nSPS) is 14.9. The maximum atomic E-state index is 11.6. The van der Waals surface area contributed by atoms with Crippen molar-refractivity contribution in [1.82, 2.24) is 0 Å². The molecule has 1 aliphatic rings. The maximum Gasteiger partial charge on any atom is 0.313 e. The lowest BCUT2D eigenvalue weighted by Crippen LogP contribution is -2.29. The molecule has 0 saturated carbocycles. The molecule has 0 unspecified atom stereocenters. The predicted octanol–water partition coefficient (Wildman–Crippen LogP) is 5.00. The fraction of sp³-hybridized carbons (Fsp3) is 0.409. The summed E-state index contributed by atoms with van der Waals surface area (Å²) in [7, 11) is 1.51. The Kier molecular flexibility index (Phi) is 5.24. The molecule has 0 saturated heterocycles. The van der Waals surface area contributed by atoms with Gasteiger partial charge in [-0.05, 0) is 51.5 Å². The minimum Gasteiger partial charge on any atom is -0.496 e. The summed E-state index contributed by atoms with van der Waals surface area (Å²) in [6.45, 7) is 7.65. The summed E-state index contributed by atoms with van der Waals surface area (Å²) < 4.78 is 17.4. The largest absolute Gasteiger partial charge is 0.496 e. The van der Waals surface area contributed by atoms with Crippen LogP contribution >= 0.6 is 11.6 Å². The number of hydrogen-bond acceptors (Lipinski definition) is 4. The van der Waals surface area contributed by atoms with Gasteiger partial charge in [-0.15, -0.1) is 0 Å². The van der Waals surface area contributed by atoms with Crippen LogP contribution in [0.5, 0.6) is 17.2 Å². The Balaban J connectivity index is 1.84. The summed E-state index contributed by atoms with van der Waals surface area (Å²) in [6, 6.07) is 8.96. The Morgan fingerprint density at radius 2 is 2.00 bits per heavy atom. The van der Waals surface area contributed by atoms with E-state index in [0.29, 0.717) is 22.1 Å². The molecule has 3 rings (SSSR count). The fourth-order valence-electron chi connectivity index (χ4n) is 3.41. The van der Waals surface area contributed by atoms with E-state index in [4.69, 9.17) is 25.8 Å². The average molecular weight is 405 g/mol. The first kappa shape index (κ1) is 20.3. The van der Waals surface area contributed by atoms with Crippen LogP contribution in [0.15, 0.2) is 30.3 Å². The van der Waals surface area contributed by atoms with Gasteiger partial charge in [0.25, 0.3) is 0 Å². The standard InChI is InChI=1S/C22H25ClO5/c1-21(2)11-13-8-15(23)9-14(19(13)28-21)12-27-16-6-7-17(18(10-16)26-5)22(3,4)20(24)25/h6-10H,11-12H2,1-5H3,(H,24,25). The van der Waals surface area contributed by atoms with Crippen molar-refractivity contribution in [3.63, 3.8) is 0 Å². The first-order valence-electron chi connectivity index (χ1n) is 9.08. The van der Waals surface area contributed by atoms with Crippen molar-refractivity contribution < 1.29 is 24.1 Å². The van der Waals surface area contributed by atoms with Crippen LogP contribution in [0.4, 0.5) is 0 Å². The van der Waals surface area contributed by atoms with E-state index in [1.165, 1.54) is 7.11 Å². The third-order valence-corrected chi connectivity index (χ3v) is 5.20. The minimum atomic E-state index is -1.07. The van der Waals surface area contributed by atoms with E-state index in [2.05, 4.69) is 0 Å². The average Bonchev–Trinajstić information content (AvgIpc) is 2.92. The van der Waals surface area contributed by atoms with Gasteiger partial charge in [0.2, 0.25) is 0 Å². The summed E-state index contributed by atoms with van der Waals surface area (Å²) in [5, 5.41) is 10.1. The number of carbonyl (C=O) groups is 1. The highest BCUT2D eigenvalue weighted by molar-refractivity contribution is 6.30. The number of rotatable bonds is 6. The molecule has 6 heteroatoms. The Hall–Kier alpha value is -2.40. The highest BCUT2D eigenvalue weighted by Crippen LogP contribution is 2.40. The van der Waals surface area contributed by atoms with Gasteiger partial charge in [-0.25, -0.2) is 0 Å². The number of benzene rings is 2. The van der Waals surface area contributed by atoms with Crippen LogP contribution in [0, 0.1) is 0 Å². The van der Waals surface area contributed by atoms with Gasteiger partial charge in [0.05, 0.1) is 12.5 Å². The molecular weight excluding hydrogens is 380 g/mol. The Morgan fingerprint density at radius 1 is 1.29 bits per heavy atom. The lowest BCUT2D eigenvalue weighted by molar-refractivity contribution is -0.142. The van der Waals surface area contributed by atoms with E-state index in [0.717, 1.165) is 23.3 Å². The fourth-order valence-corrected chi connectivity index (χ4v) is 3.67. The second kappa shape index (κ2) is 7.21. The van der Waals surface area contributed by atoms with E-state index < -0.39 is 11.4 Å². The molecule has 0 atom stereocenters. The van der Waals surface area contributed by atoms with Crippen molar-refractivity contribution in [2.24, 2.45) is 0 Å². The predicted molar refractivity (Wildman–Crippen MR) is 108 cm³/mol. The molecule has 0 amide bonds. The molecule has 28 heavy (non-hydrogen) atoms. The molecular formula is C22H25ClO5. The van der Waals surface area contributed by atoms with Gasteiger partial charge in [0.1, 0.15) is 29.5 Å². The van der Waals surface area contributed by atoms with E-state index in [1.54, 1.807) is 32.0 Å². The summed E-state index contributed by atoms with van der Waals surface area (Å²) in [6.07, 6.45) is 0.794. The van der Waals surface area contributed by atoms with Crippen molar-refractivity contribution >= 4 is 17.6 Å². The topological polar surface area (TPSA) is 65.0 Å². The quantitative estimate of drug-likeness (QED) is 0.733. The lowest BCUT2D eigenvalue weighted by Gasteiger charge is -2.23. The third kappa shape index (κ3) is 3.90. The number of fused-ring (bicyclic) bond motifs is 1. The highest BCUT2D eigenvalue weighted by Gasteiger charge is 2.33. The first-order valence-corrected chi connectivity index (χ1v) is 9.46. The Morgan fingerprint density at radius 3 is 2.64 bits per heavy atom. The van der Waals surface area contributed by atoms with Gasteiger partial charge in [-0.2, -0.15) is 0 Å². The van der Waals surface area contributed by atoms with Gasteiger partial charge in [-0.1, -0.05) is 17.7 Å². The SMILES string of the molecule is COc1cc(OCc2cc(Cl)cc3c2OC(C)(C)C3)ccc1C(C)(C)C(=O)O. The molecule has 2 aromatic rings. The second-order valence-electron chi connectivity index (χ2n) is 8.17. The van der Waals surface area contributed by atoms with E-state index in [1.807, 2.05) is 26.0 Å². The number of aliphatic carboxylic acids is 1. The molecule has 0 spiro atoms. The summed E-state index contributed by atoms with van der Waals surface area (Å²) in [4.78, 5) is 11.6. The summed E-state index contributed by atoms with van der Waals surface area (Å²) in [5.41, 5.74) is 1.20. The van der Waals surface area contributed by atoms with Gasteiger partial charge in [0.15, 0.2) is 0 Å². The van der Waals surface area contributed by atoms with Crippen LogP contribution in [0.1, 0.15) is 44.4 Å². The molecule has 0 bridgehead atoms. The summed E-state index contributed by atoms with van der Waals surface area (Å²) >= 11 is 6.26. The van der Waals surface area contributed by atoms with Crippen LogP contribution in [-0.4, -0.2) is 23.8 Å². The Labute approximate surface area is 170 Å². The zero-order valence-corrected chi connectivity index (χ0v) is 17.5. The number of carboxylic acids is 1. The van der Waals surface area contributed by atoms with Crippen molar-refractivity contribution in [1.29, 1.82) is 0 Å². The summed E-state index contributed by atoms with van der Waals surface area (Å²) in [5.74, 6) is 0.949. The van der Waals surface area contributed by atoms with Gasteiger partial charge in [0, 0.05) is 28.6 Å². The van der Waals surface area contributed by atoms with E-state index in [-0.39, 0.29) is 12.2 Å². The number of carboxylic acid groups (broad SMARTS) is 1. The van der Waals surface area contributed by atoms with Gasteiger partial charge in [-0.3, -0.25) is 4.79 Å². The zero-order valence-electron chi connectivity index (χ0n) is 16.8. The number of ether oxygens (including phenoxy) is 3. The molecule has 150 valence electrons. The van der Waals surface area contributed by atoms with Crippen molar-refractivity contribution in [3.8, 4) is 17.2 Å². The second-order valence-corrected chi connectivity index (χ2v) is 8.61. The molecule has 1 heterocycles. The van der Waals surface area contributed by atoms with Crippen LogP contribution in [0.2, 0.25) is 5.02 Å². The minimum absolute atomic E-state index is 0.269. The Bertz CT molecular complexity index is 917. The third-order valence-electron chi connectivity index (χ3n) is 4.98. The molecule has 0 aromatic heterocycles. The van der Waals surface area contributed by atoms with Crippen molar-refractivity contribution in [3.05, 3.63) is 52.0 Å². The molecule has 0 radical (unpaired) electrons. The molecule has 2 aromatic carbocycles. The van der Waals surface area contributed by atoms with Crippen LogP contribution in [0.25, 0.3) is 0 Å². The van der Waals surface area contributed by atoms with Gasteiger partial charge < -0.3 is 19.3 Å². The smallest absolute Gasteiger partial charge is 0.313 e. The van der Waals surface area contributed by atoms with E-state index >= 15 is 0 Å². The van der Waals surface area contributed by atoms with Crippen molar-refractivity contribution in [2.75, 3.05) is 7.11 Å². The molecule has 1 N–H and O–H groups in total. The molecule has 1 aliphatic heterocycles. The highest BCUT2D eigenvalue weighted by atomic mass is 35.5. The van der Waals surface area contributed by atoms with Gasteiger partial charge >= 0.3 is 5.97 Å². The molecule has 5 nitrogen and oxygen atoms in total. The maximum absolute atomic E-state index is 11.6. The molecule has 0 fully saturated rings. The monoisotopic (exact) mass is 404 g/mol. The van der Waals surface area contributed by atoms with Crippen molar-refractivity contribution in [2.45, 2.75) is 51.7 Å². The van der Waals surface area contributed by atoms with E-state index in [9.17, 15) is 9.90 Å². The number of methoxy groups -OCH3 is 1. The number of halogens is 1. The van der Waals surface area contributed by atoms with Crippen LogP contribution in [-0.2, 0) is 23.2 Å². The van der Waals surface area contributed by atoms with Crippen LogP contribution in [0.3, 0.4) is 0 Å².